The molecule has 0 unspecified atom stereocenters. The molecular weight excluding hydrogens is 310 g/mol. The molecule has 1 saturated heterocycles. The number of hydrogen-bond acceptors (Lipinski definition) is 6. The molecule has 23 heavy (non-hydrogen) atoms. The van der Waals surface area contributed by atoms with Crippen LogP contribution in [0.4, 0.5) is 0 Å². The van der Waals surface area contributed by atoms with Gasteiger partial charge in [0.15, 0.2) is 5.82 Å². The van der Waals surface area contributed by atoms with Gasteiger partial charge in [0, 0.05) is 17.8 Å². The van der Waals surface area contributed by atoms with Crippen molar-refractivity contribution in [3.05, 3.63) is 34.7 Å². The minimum Gasteiger partial charge on any atom is -0.324 e. The third-order valence-electron chi connectivity index (χ3n) is 4.14. The smallest absolute Gasteiger partial charge is 0.162 e. The van der Waals surface area contributed by atoms with E-state index in [1.807, 2.05) is 24.0 Å². The fourth-order valence-corrected chi connectivity index (χ4v) is 3.56. The number of rotatable bonds is 4. The van der Waals surface area contributed by atoms with E-state index in [1.165, 1.54) is 0 Å². The van der Waals surface area contributed by atoms with Crippen LogP contribution in [-0.4, -0.2) is 42.6 Å². The number of aromatic nitrogens is 6. The highest BCUT2D eigenvalue weighted by atomic mass is 32.1. The minimum atomic E-state index is 0.433. The molecular formula is C15H19N7S. The van der Waals surface area contributed by atoms with Gasteiger partial charge in [0.1, 0.15) is 5.69 Å². The highest BCUT2D eigenvalue weighted by Gasteiger charge is 2.18. The maximum atomic E-state index is 4.52. The van der Waals surface area contributed by atoms with Crippen LogP contribution in [0.2, 0.25) is 0 Å². The second kappa shape index (κ2) is 6.21. The Morgan fingerprint density at radius 1 is 1.35 bits per heavy atom. The fraction of sp³-hybridized carbons (Fsp3) is 0.467. The van der Waals surface area contributed by atoms with Crippen LogP contribution >= 0.6 is 11.3 Å². The van der Waals surface area contributed by atoms with Gasteiger partial charge in [-0.25, -0.2) is 14.6 Å². The van der Waals surface area contributed by atoms with Crippen molar-refractivity contribution in [2.24, 2.45) is 0 Å². The molecule has 1 aliphatic heterocycles. The van der Waals surface area contributed by atoms with Crippen molar-refractivity contribution in [2.45, 2.75) is 32.4 Å². The Morgan fingerprint density at radius 2 is 2.22 bits per heavy atom. The van der Waals surface area contributed by atoms with Gasteiger partial charge in [-0.3, -0.25) is 0 Å². The van der Waals surface area contributed by atoms with Gasteiger partial charge in [-0.1, -0.05) is 5.21 Å². The lowest BCUT2D eigenvalue weighted by Gasteiger charge is -2.22. The SMILES string of the molecule is Cc1nc(Cn2ccnc2-c2cn(C3CCNCC3)nn2)cs1. The first-order valence-electron chi connectivity index (χ1n) is 7.84. The lowest BCUT2D eigenvalue weighted by Crippen LogP contribution is -2.29. The van der Waals surface area contributed by atoms with Gasteiger partial charge in [0.25, 0.3) is 0 Å². The average Bonchev–Trinajstić information content (AvgIpc) is 3.29. The third kappa shape index (κ3) is 3.04. The van der Waals surface area contributed by atoms with Crippen LogP contribution in [0.3, 0.4) is 0 Å². The molecule has 0 radical (unpaired) electrons. The molecule has 3 aromatic rings. The van der Waals surface area contributed by atoms with Crippen molar-refractivity contribution in [1.82, 2.24) is 34.8 Å². The van der Waals surface area contributed by atoms with Crippen molar-refractivity contribution in [3.63, 3.8) is 0 Å². The van der Waals surface area contributed by atoms with E-state index in [2.05, 4.69) is 35.5 Å². The summed E-state index contributed by atoms with van der Waals surface area (Å²) in [5.74, 6) is 0.843. The molecule has 0 bridgehead atoms. The predicted octanol–water partition coefficient (Wildman–Crippen LogP) is 1.88. The highest BCUT2D eigenvalue weighted by Crippen LogP contribution is 2.21. The number of thiazole rings is 1. The Balaban J connectivity index is 1.56. The van der Waals surface area contributed by atoms with E-state index in [0.29, 0.717) is 12.6 Å². The van der Waals surface area contributed by atoms with Crippen molar-refractivity contribution in [2.75, 3.05) is 13.1 Å². The fourth-order valence-electron chi connectivity index (χ4n) is 2.95. The first kappa shape index (κ1) is 14.5. The standard InChI is InChI=1S/C15H19N7S/c1-11-18-12(10-23-11)8-21-7-6-17-15(21)14-9-22(20-19-14)13-2-4-16-5-3-13/h6-7,9-10,13,16H,2-5,8H2,1H3. The molecule has 3 aromatic heterocycles. The molecule has 1 aliphatic rings. The Hall–Kier alpha value is -2.06. The zero-order chi connectivity index (χ0) is 15.6. The van der Waals surface area contributed by atoms with Crippen LogP contribution in [0.1, 0.15) is 29.6 Å². The summed E-state index contributed by atoms with van der Waals surface area (Å²) in [6, 6.07) is 0.433. The van der Waals surface area contributed by atoms with Gasteiger partial charge in [0.05, 0.1) is 29.5 Å². The zero-order valence-corrected chi connectivity index (χ0v) is 13.8. The van der Waals surface area contributed by atoms with Gasteiger partial charge in [0.2, 0.25) is 0 Å². The summed E-state index contributed by atoms with van der Waals surface area (Å²) >= 11 is 1.67. The monoisotopic (exact) mass is 329 g/mol. The molecule has 1 fully saturated rings. The van der Waals surface area contributed by atoms with Crippen LogP contribution < -0.4 is 5.32 Å². The summed E-state index contributed by atoms with van der Waals surface area (Å²) in [6.45, 7) is 4.81. The van der Waals surface area contributed by atoms with Crippen molar-refractivity contribution in [1.29, 1.82) is 0 Å². The van der Waals surface area contributed by atoms with E-state index in [-0.39, 0.29) is 0 Å². The van der Waals surface area contributed by atoms with E-state index >= 15 is 0 Å². The number of nitrogens with zero attached hydrogens (tertiary/aromatic N) is 6. The van der Waals surface area contributed by atoms with E-state index in [0.717, 1.165) is 48.2 Å². The minimum absolute atomic E-state index is 0.433. The maximum Gasteiger partial charge on any atom is 0.162 e. The Morgan fingerprint density at radius 3 is 3.00 bits per heavy atom. The maximum absolute atomic E-state index is 4.52. The molecule has 1 N–H and O–H groups in total. The zero-order valence-electron chi connectivity index (χ0n) is 13.0. The Bertz CT molecular complexity index is 781. The van der Waals surface area contributed by atoms with Crippen molar-refractivity contribution >= 4 is 11.3 Å². The van der Waals surface area contributed by atoms with Crippen LogP contribution in [-0.2, 0) is 6.54 Å². The van der Waals surface area contributed by atoms with E-state index in [9.17, 15) is 0 Å². The van der Waals surface area contributed by atoms with Gasteiger partial charge >= 0.3 is 0 Å². The lowest BCUT2D eigenvalue weighted by molar-refractivity contribution is 0.337. The van der Waals surface area contributed by atoms with Crippen LogP contribution in [0.15, 0.2) is 24.0 Å². The average molecular weight is 329 g/mol. The summed E-state index contributed by atoms with van der Waals surface area (Å²) in [7, 11) is 0. The Kier molecular flexibility index (Phi) is 3.92. The van der Waals surface area contributed by atoms with Crippen LogP contribution in [0.25, 0.3) is 11.5 Å². The second-order valence-electron chi connectivity index (χ2n) is 5.80. The molecule has 0 atom stereocenters. The van der Waals surface area contributed by atoms with Crippen LogP contribution in [0, 0.1) is 6.92 Å². The predicted molar refractivity (Wildman–Crippen MR) is 88.3 cm³/mol. The van der Waals surface area contributed by atoms with Gasteiger partial charge in [-0.15, -0.1) is 16.4 Å². The number of piperidine rings is 1. The summed E-state index contributed by atoms with van der Waals surface area (Å²) < 4.78 is 4.06. The van der Waals surface area contributed by atoms with Gasteiger partial charge in [-0.05, 0) is 32.9 Å². The van der Waals surface area contributed by atoms with Crippen molar-refractivity contribution in [3.8, 4) is 11.5 Å². The summed E-state index contributed by atoms with van der Waals surface area (Å²) in [6.07, 6.45) is 7.97. The molecule has 0 amide bonds. The van der Waals surface area contributed by atoms with E-state index in [1.54, 1.807) is 17.5 Å². The number of imidazole rings is 1. The first-order chi connectivity index (χ1) is 11.3. The van der Waals surface area contributed by atoms with E-state index < -0.39 is 0 Å². The highest BCUT2D eigenvalue weighted by molar-refractivity contribution is 7.09. The van der Waals surface area contributed by atoms with Gasteiger partial charge < -0.3 is 9.88 Å². The van der Waals surface area contributed by atoms with Crippen molar-refractivity contribution < 1.29 is 0 Å². The largest absolute Gasteiger partial charge is 0.324 e. The summed E-state index contributed by atoms with van der Waals surface area (Å²) in [5.41, 5.74) is 1.87. The molecule has 4 heterocycles. The number of aryl methyl sites for hydroxylation is 1. The molecule has 0 aliphatic carbocycles. The first-order valence-corrected chi connectivity index (χ1v) is 8.72. The molecule has 4 rings (SSSR count). The molecule has 0 aromatic carbocycles. The normalized spacial score (nSPS) is 16.0. The summed E-state index contributed by atoms with van der Waals surface area (Å²) in [4.78, 5) is 8.98. The number of nitrogens with one attached hydrogen (secondary N) is 1. The lowest BCUT2D eigenvalue weighted by atomic mass is 10.1. The quantitative estimate of drug-likeness (QED) is 0.791. The molecule has 0 saturated carbocycles. The molecule has 120 valence electrons. The number of hydrogen-bond donors (Lipinski definition) is 1. The third-order valence-corrected chi connectivity index (χ3v) is 4.96. The molecule has 7 nitrogen and oxygen atoms in total. The molecule has 0 spiro atoms. The summed E-state index contributed by atoms with van der Waals surface area (Å²) in [5, 5.41) is 15.2. The van der Waals surface area contributed by atoms with Crippen LogP contribution in [0.5, 0.6) is 0 Å². The van der Waals surface area contributed by atoms with Gasteiger partial charge in [-0.2, -0.15) is 0 Å². The Labute approximate surface area is 138 Å². The second-order valence-corrected chi connectivity index (χ2v) is 6.86. The van der Waals surface area contributed by atoms with E-state index in [4.69, 9.17) is 0 Å². The molecule has 8 heteroatoms. The topological polar surface area (TPSA) is 73.5 Å².